The molecule has 218 valence electrons. The first-order valence-electron chi connectivity index (χ1n) is 15.6. The van der Waals surface area contributed by atoms with Gasteiger partial charge in [0.15, 0.2) is 13.5 Å². The van der Waals surface area contributed by atoms with Crippen molar-refractivity contribution in [2.45, 2.75) is 18.5 Å². The Morgan fingerprint density at radius 1 is 0.422 bits per heavy atom. The zero-order chi connectivity index (χ0) is 29.8. The topological polar surface area (TPSA) is 24.9 Å². The van der Waals surface area contributed by atoms with E-state index in [-0.39, 0.29) is 0 Å². The van der Waals surface area contributed by atoms with Crippen molar-refractivity contribution in [3.05, 3.63) is 179 Å². The molecule has 6 aromatic carbocycles. The zero-order valence-electron chi connectivity index (χ0n) is 24.9. The van der Waals surface area contributed by atoms with E-state index in [1.165, 1.54) is 44.5 Å². The summed E-state index contributed by atoms with van der Waals surface area (Å²) in [7, 11) is 0. The Morgan fingerprint density at radius 2 is 0.822 bits per heavy atom. The van der Waals surface area contributed by atoms with Crippen molar-refractivity contribution in [3.8, 4) is 22.6 Å². The lowest BCUT2D eigenvalue weighted by Gasteiger charge is -2.36. The van der Waals surface area contributed by atoms with Crippen molar-refractivity contribution in [2.24, 2.45) is 0 Å². The minimum Gasteiger partial charge on any atom is -0.473 e. The van der Waals surface area contributed by atoms with E-state index in [1.54, 1.807) is 0 Å². The summed E-state index contributed by atoms with van der Waals surface area (Å²) >= 11 is 0. The van der Waals surface area contributed by atoms with Gasteiger partial charge in [0.1, 0.15) is 11.5 Å². The van der Waals surface area contributed by atoms with Crippen molar-refractivity contribution >= 4 is 11.4 Å². The van der Waals surface area contributed by atoms with Gasteiger partial charge in [-0.15, -0.1) is 0 Å². The lowest BCUT2D eigenvalue weighted by atomic mass is 9.67. The Morgan fingerprint density at radius 3 is 1.29 bits per heavy atom. The number of ether oxygens (including phenoxy) is 2. The molecule has 0 N–H and O–H groups in total. The van der Waals surface area contributed by atoms with Crippen molar-refractivity contribution in [2.75, 3.05) is 23.3 Å². The van der Waals surface area contributed by atoms with Crippen LogP contribution in [0.25, 0.3) is 11.1 Å². The summed E-state index contributed by atoms with van der Waals surface area (Å²) in [5.74, 6) is 1.96. The molecule has 0 atom stereocenters. The largest absolute Gasteiger partial charge is 0.473 e. The summed E-state index contributed by atoms with van der Waals surface area (Å²) in [4.78, 5) is 4.59. The van der Waals surface area contributed by atoms with Gasteiger partial charge in [0.2, 0.25) is 0 Å². The minimum absolute atomic E-state index is 0.444. The molecule has 0 bridgehead atoms. The SMILES string of the molecule is c1ccc2c(c1)CN(c1ccc(C3(c4ccc(N5COc6ccccc6C5)cc4)c4ccccc4-c4ccccc43)cc1)CO2. The summed E-state index contributed by atoms with van der Waals surface area (Å²) in [6.45, 7) is 2.75. The molecule has 6 aromatic rings. The fraction of sp³-hybridized carbons (Fsp3) is 0.122. The number of hydrogen-bond donors (Lipinski definition) is 0. The van der Waals surface area contributed by atoms with Crippen molar-refractivity contribution in [3.63, 3.8) is 0 Å². The molecule has 45 heavy (non-hydrogen) atoms. The molecule has 0 spiro atoms. The van der Waals surface area contributed by atoms with E-state index in [4.69, 9.17) is 9.47 Å². The predicted octanol–water partition coefficient (Wildman–Crippen LogP) is 8.76. The molecule has 4 heteroatoms. The molecule has 0 fully saturated rings. The first-order chi connectivity index (χ1) is 22.3. The van der Waals surface area contributed by atoms with E-state index in [1.807, 2.05) is 12.1 Å². The fourth-order valence-corrected chi connectivity index (χ4v) is 7.55. The van der Waals surface area contributed by atoms with Crippen molar-refractivity contribution in [1.29, 1.82) is 0 Å². The van der Waals surface area contributed by atoms with Crippen LogP contribution in [0.2, 0.25) is 0 Å². The molecule has 0 unspecified atom stereocenters. The number of nitrogens with zero attached hydrogens (tertiary/aromatic N) is 2. The smallest absolute Gasteiger partial charge is 0.161 e. The molecule has 0 radical (unpaired) electrons. The third kappa shape index (κ3) is 4.06. The number of rotatable bonds is 4. The molecule has 0 saturated carbocycles. The minimum atomic E-state index is -0.444. The molecule has 9 rings (SSSR count). The molecule has 1 aliphatic carbocycles. The normalized spacial score (nSPS) is 15.6. The van der Waals surface area contributed by atoms with Crippen LogP contribution in [0.15, 0.2) is 146 Å². The van der Waals surface area contributed by atoms with E-state index in [9.17, 15) is 0 Å². The van der Waals surface area contributed by atoms with E-state index >= 15 is 0 Å². The highest BCUT2D eigenvalue weighted by Gasteiger charge is 2.46. The van der Waals surface area contributed by atoms with E-state index in [0.29, 0.717) is 13.5 Å². The maximum atomic E-state index is 6.10. The van der Waals surface area contributed by atoms with Crippen LogP contribution in [-0.2, 0) is 18.5 Å². The molecule has 2 aliphatic heterocycles. The second-order valence-corrected chi connectivity index (χ2v) is 12.1. The number of hydrogen-bond acceptors (Lipinski definition) is 4. The molecule has 4 nitrogen and oxygen atoms in total. The average molecular weight is 585 g/mol. The third-order valence-electron chi connectivity index (χ3n) is 9.70. The Balaban J connectivity index is 1.14. The second kappa shape index (κ2) is 10.3. The van der Waals surface area contributed by atoms with Gasteiger partial charge in [0.05, 0.1) is 5.41 Å². The van der Waals surface area contributed by atoms with Gasteiger partial charge in [0.25, 0.3) is 0 Å². The fourth-order valence-electron chi connectivity index (χ4n) is 7.55. The molecule has 0 amide bonds. The third-order valence-corrected chi connectivity index (χ3v) is 9.70. The summed E-state index contributed by atoms with van der Waals surface area (Å²) in [6, 6.07) is 52.7. The van der Waals surface area contributed by atoms with Gasteiger partial charge in [-0.25, -0.2) is 0 Å². The zero-order valence-corrected chi connectivity index (χ0v) is 24.9. The Labute approximate surface area is 263 Å². The Hall–Kier alpha value is -5.48. The van der Waals surface area contributed by atoms with Crippen LogP contribution >= 0.6 is 0 Å². The highest BCUT2D eigenvalue weighted by atomic mass is 16.5. The van der Waals surface area contributed by atoms with Crippen LogP contribution < -0.4 is 19.3 Å². The highest BCUT2D eigenvalue weighted by molar-refractivity contribution is 5.86. The molecule has 0 saturated heterocycles. The quantitative estimate of drug-likeness (QED) is 0.207. The van der Waals surface area contributed by atoms with Gasteiger partial charge in [-0.2, -0.15) is 0 Å². The van der Waals surface area contributed by atoms with E-state index < -0.39 is 5.41 Å². The molecular formula is C41H32N2O2. The maximum Gasteiger partial charge on any atom is 0.161 e. The number of anilines is 2. The summed E-state index contributed by atoms with van der Waals surface area (Å²) in [6.07, 6.45) is 0. The van der Waals surface area contributed by atoms with E-state index in [2.05, 4.69) is 143 Å². The predicted molar refractivity (Wildman–Crippen MR) is 180 cm³/mol. The van der Waals surface area contributed by atoms with Crippen LogP contribution in [-0.4, -0.2) is 13.5 Å². The van der Waals surface area contributed by atoms with Crippen LogP contribution in [0.4, 0.5) is 11.4 Å². The number of benzene rings is 6. The molecule has 0 aromatic heterocycles. The van der Waals surface area contributed by atoms with Gasteiger partial charge in [-0.05, 0) is 69.8 Å². The molecule has 3 aliphatic rings. The number of fused-ring (bicyclic) bond motifs is 5. The van der Waals surface area contributed by atoms with Crippen molar-refractivity contribution < 1.29 is 9.47 Å². The van der Waals surface area contributed by atoms with Crippen molar-refractivity contribution in [1.82, 2.24) is 0 Å². The first kappa shape index (κ1) is 26.0. The van der Waals surface area contributed by atoms with Gasteiger partial charge in [-0.3, -0.25) is 0 Å². The van der Waals surface area contributed by atoms with Gasteiger partial charge in [-0.1, -0.05) is 109 Å². The number of para-hydroxylation sites is 2. The monoisotopic (exact) mass is 584 g/mol. The lowest BCUT2D eigenvalue weighted by molar-refractivity contribution is 0.289. The average Bonchev–Trinajstić information content (AvgIpc) is 3.42. The Kier molecular flexibility index (Phi) is 5.95. The first-order valence-corrected chi connectivity index (χ1v) is 15.6. The molecular weight excluding hydrogens is 552 g/mol. The van der Waals surface area contributed by atoms with Gasteiger partial charge in [0, 0.05) is 35.6 Å². The summed E-state index contributed by atoms with van der Waals surface area (Å²) < 4.78 is 12.2. The van der Waals surface area contributed by atoms with E-state index in [0.717, 1.165) is 36.0 Å². The standard InChI is InChI=1S/C41H32N2O2/c1-7-15-39-29(9-1)25-42(27-44-39)33-21-17-31(18-22-33)41(37-13-5-3-11-35(37)36-12-4-6-14-38(36)41)32-19-23-34(24-20-32)43-26-30-10-2-8-16-40(30)45-28-43/h1-24H,25-28H2. The van der Waals surface area contributed by atoms with Crippen LogP contribution in [0.3, 0.4) is 0 Å². The van der Waals surface area contributed by atoms with Crippen LogP contribution in [0.5, 0.6) is 11.5 Å². The lowest BCUT2D eigenvalue weighted by Crippen LogP contribution is -2.32. The highest BCUT2D eigenvalue weighted by Crippen LogP contribution is 2.56. The van der Waals surface area contributed by atoms with Gasteiger partial charge >= 0.3 is 0 Å². The molecule has 2 heterocycles. The van der Waals surface area contributed by atoms with Crippen LogP contribution in [0.1, 0.15) is 33.4 Å². The Bertz CT molecular complexity index is 1880. The van der Waals surface area contributed by atoms with Gasteiger partial charge < -0.3 is 19.3 Å². The second-order valence-electron chi connectivity index (χ2n) is 12.1. The van der Waals surface area contributed by atoms with Crippen LogP contribution in [0, 0.1) is 0 Å². The summed E-state index contributed by atoms with van der Waals surface area (Å²) in [5, 5.41) is 0. The maximum absolute atomic E-state index is 6.10. The summed E-state index contributed by atoms with van der Waals surface area (Å²) in [5.41, 5.74) is 12.0.